The van der Waals surface area contributed by atoms with E-state index in [0.29, 0.717) is 13.0 Å². The average molecular weight is 198 g/mol. The van der Waals surface area contributed by atoms with Crippen molar-refractivity contribution in [2.75, 3.05) is 39.8 Å². The number of nitrogens with two attached hydrogens (primary N) is 1. The second kappa shape index (κ2) is 3.84. The zero-order valence-corrected chi connectivity index (χ0v) is 8.65. The van der Waals surface area contributed by atoms with E-state index in [0.717, 1.165) is 26.2 Å². The van der Waals surface area contributed by atoms with Gasteiger partial charge < -0.3 is 10.6 Å². The van der Waals surface area contributed by atoms with E-state index in [2.05, 4.69) is 17.0 Å². The molecule has 0 saturated carbocycles. The lowest BCUT2D eigenvalue weighted by Gasteiger charge is -2.38. The first kappa shape index (κ1) is 9.89. The van der Waals surface area contributed by atoms with Gasteiger partial charge in [0.05, 0.1) is 6.54 Å². The first-order valence-electron chi connectivity index (χ1n) is 5.16. The molecule has 2 heterocycles. The van der Waals surface area contributed by atoms with Crippen molar-refractivity contribution in [3.05, 3.63) is 0 Å². The minimum Gasteiger partial charge on any atom is -0.326 e. The smallest absolute Gasteiger partial charge is 0.238 e. The van der Waals surface area contributed by atoms with Crippen LogP contribution in [-0.4, -0.2) is 66.6 Å². The normalized spacial score (nSPS) is 31.4. The van der Waals surface area contributed by atoms with E-state index in [1.165, 1.54) is 0 Å². The van der Waals surface area contributed by atoms with Crippen LogP contribution in [0.3, 0.4) is 0 Å². The van der Waals surface area contributed by atoms with E-state index in [-0.39, 0.29) is 11.9 Å². The second-order valence-corrected chi connectivity index (χ2v) is 4.20. The maximum Gasteiger partial charge on any atom is 0.238 e. The van der Waals surface area contributed by atoms with Crippen LogP contribution in [0.15, 0.2) is 0 Å². The highest BCUT2D eigenvalue weighted by atomic mass is 16.2. The van der Waals surface area contributed by atoms with E-state index >= 15 is 0 Å². The Hall–Kier alpha value is -0.650. The van der Waals surface area contributed by atoms with Crippen molar-refractivity contribution in [1.29, 1.82) is 0 Å². The molecule has 2 N–H and O–H groups in total. The molecule has 2 aliphatic rings. The third-order valence-corrected chi connectivity index (χ3v) is 2.95. The van der Waals surface area contributed by atoms with Crippen LogP contribution in [0.5, 0.6) is 0 Å². The summed E-state index contributed by atoms with van der Waals surface area (Å²) in [4.78, 5) is 13.8. The molecule has 5 heteroatoms. The van der Waals surface area contributed by atoms with Crippen LogP contribution < -0.4 is 5.73 Å². The number of hydrazine groups is 1. The van der Waals surface area contributed by atoms with Crippen molar-refractivity contribution in [3.63, 3.8) is 0 Å². The quantitative estimate of drug-likeness (QED) is 0.569. The summed E-state index contributed by atoms with van der Waals surface area (Å²) in [6.07, 6.45) is 0.506. The highest BCUT2D eigenvalue weighted by molar-refractivity contribution is 5.78. The monoisotopic (exact) mass is 198 g/mol. The molecular weight excluding hydrogens is 180 g/mol. The lowest BCUT2D eigenvalue weighted by Crippen LogP contribution is -2.53. The molecule has 2 rings (SSSR count). The minimum absolute atomic E-state index is 0.0298. The van der Waals surface area contributed by atoms with Crippen LogP contribution >= 0.6 is 0 Å². The molecule has 1 amide bonds. The fourth-order valence-corrected chi connectivity index (χ4v) is 2.03. The van der Waals surface area contributed by atoms with Gasteiger partial charge in [-0.2, -0.15) is 0 Å². The number of nitrogens with zero attached hydrogens (tertiary/aromatic N) is 3. The number of hydrogen-bond donors (Lipinski definition) is 1. The van der Waals surface area contributed by atoms with Gasteiger partial charge in [0.15, 0.2) is 0 Å². The van der Waals surface area contributed by atoms with Gasteiger partial charge >= 0.3 is 0 Å². The van der Waals surface area contributed by atoms with Crippen molar-refractivity contribution in [3.8, 4) is 0 Å². The van der Waals surface area contributed by atoms with Crippen molar-refractivity contribution in [2.24, 2.45) is 5.73 Å². The van der Waals surface area contributed by atoms with E-state index in [9.17, 15) is 4.79 Å². The van der Waals surface area contributed by atoms with E-state index < -0.39 is 0 Å². The first-order valence-corrected chi connectivity index (χ1v) is 5.16. The number of amides is 1. The second-order valence-electron chi connectivity index (χ2n) is 4.20. The molecule has 0 bridgehead atoms. The van der Waals surface area contributed by atoms with Crippen LogP contribution in [0.2, 0.25) is 0 Å². The zero-order valence-electron chi connectivity index (χ0n) is 8.65. The van der Waals surface area contributed by atoms with Crippen LogP contribution in [0, 0.1) is 0 Å². The van der Waals surface area contributed by atoms with Gasteiger partial charge in [-0.25, -0.2) is 5.01 Å². The van der Waals surface area contributed by atoms with E-state index in [1.807, 2.05) is 5.01 Å². The van der Waals surface area contributed by atoms with E-state index in [1.54, 1.807) is 0 Å². The average Bonchev–Trinajstić information content (AvgIpc) is 2.47. The lowest BCUT2D eigenvalue weighted by molar-refractivity contribution is -0.145. The molecule has 5 nitrogen and oxygen atoms in total. The van der Waals surface area contributed by atoms with Crippen LogP contribution in [-0.2, 0) is 4.79 Å². The minimum atomic E-state index is 0.0298. The Balaban J connectivity index is 1.92. The predicted octanol–water partition coefficient (Wildman–Crippen LogP) is -1.29. The predicted molar refractivity (Wildman–Crippen MR) is 53.4 cm³/mol. The SMILES string of the molecule is CN1CCN(N2CC(N)CC2=O)CC1. The fourth-order valence-electron chi connectivity index (χ4n) is 2.03. The fraction of sp³-hybridized carbons (Fsp3) is 0.889. The third kappa shape index (κ3) is 1.89. The molecule has 0 aromatic heterocycles. The topological polar surface area (TPSA) is 52.8 Å². The summed E-state index contributed by atoms with van der Waals surface area (Å²) in [5.41, 5.74) is 5.75. The maximum absolute atomic E-state index is 11.6. The number of piperazine rings is 1. The number of likely N-dealkylation sites (N-methyl/N-ethyl adjacent to an activating group) is 1. The Morgan fingerprint density at radius 1 is 1.29 bits per heavy atom. The molecule has 80 valence electrons. The maximum atomic E-state index is 11.6. The number of carbonyl (C=O) groups excluding carboxylic acids is 1. The Labute approximate surface area is 84.4 Å². The summed E-state index contributed by atoms with van der Waals surface area (Å²) >= 11 is 0. The molecule has 1 unspecified atom stereocenters. The van der Waals surface area contributed by atoms with Crippen molar-refractivity contribution < 1.29 is 4.79 Å². The van der Waals surface area contributed by atoms with Gasteiger partial charge in [0, 0.05) is 38.6 Å². The third-order valence-electron chi connectivity index (χ3n) is 2.95. The van der Waals surface area contributed by atoms with Gasteiger partial charge in [-0.05, 0) is 7.05 Å². The molecule has 0 aliphatic carbocycles. The highest BCUT2D eigenvalue weighted by Crippen LogP contribution is 2.13. The van der Waals surface area contributed by atoms with Gasteiger partial charge in [0.25, 0.3) is 0 Å². The van der Waals surface area contributed by atoms with Crippen molar-refractivity contribution >= 4 is 5.91 Å². The molecule has 2 saturated heterocycles. The zero-order chi connectivity index (χ0) is 10.1. The summed E-state index contributed by atoms with van der Waals surface area (Å²) in [6.45, 7) is 4.63. The molecule has 2 fully saturated rings. The molecule has 0 aromatic carbocycles. The molecule has 0 spiro atoms. The Morgan fingerprint density at radius 2 is 1.93 bits per heavy atom. The van der Waals surface area contributed by atoms with Gasteiger partial charge in [0.1, 0.15) is 0 Å². The Kier molecular flexibility index (Phi) is 2.71. The van der Waals surface area contributed by atoms with Crippen molar-refractivity contribution in [1.82, 2.24) is 14.9 Å². The molecule has 14 heavy (non-hydrogen) atoms. The van der Waals surface area contributed by atoms with E-state index in [4.69, 9.17) is 5.73 Å². The Bertz CT molecular complexity index is 225. The standard InChI is InChI=1S/C9H18N4O/c1-11-2-4-12(5-3-11)13-7-8(10)6-9(13)14/h8H,2-7,10H2,1H3. The van der Waals surface area contributed by atoms with Crippen LogP contribution in [0.25, 0.3) is 0 Å². The summed E-state index contributed by atoms with van der Waals surface area (Å²) in [6, 6.07) is 0.0298. The van der Waals surface area contributed by atoms with Gasteiger partial charge in [-0.15, -0.1) is 0 Å². The summed E-state index contributed by atoms with van der Waals surface area (Å²) in [5.74, 6) is 0.182. The molecule has 2 aliphatic heterocycles. The summed E-state index contributed by atoms with van der Waals surface area (Å²) in [7, 11) is 2.11. The summed E-state index contributed by atoms with van der Waals surface area (Å²) < 4.78 is 0. The molecule has 0 aromatic rings. The highest BCUT2D eigenvalue weighted by Gasteiger charge is 2.32. The van der Waals surface area contributed by atoms with Crippen LogP contribution in [0.4, 0.5) is 0 Å². The van der Waals surface area contributed by atoms with Gasteiger partial charge in [-0.3, -0.25) is 9.80 Å². The largest absolute Gasteiger partial charge is 0.326 e. The van der Waals surface area contributed by atoms with Crippen LogP contribution in [0.1, 0.15) is 6.42 Å². The molecule has 0 radical (unpaired) electrons. The molecule has 1 atom stereocenters. The van der Waals surface area contributed by atoms with Gasteiger partial charge in [-0.1, -0.05) is 0 Å². The molecular formula is C9H18N4O. The number of hydrogen-bond acceptors (Lipinski definition) is 4. The Morgan fingerprint density at radius 3 is 2.43 bits per heavy atom. The van der Waals surface area contributed by atoms with Crippen molar-refractivity contribution in [2.45, 2.75) is 12.5 Å². The lowest BCUT2D eigenvalue weighted by atomic mass is 10.3. The summed E-state index contributed by atoms with van der Waals surface area (Å²) in [5, 5.41) is 3.97. The number of rotatable bonds is 1. The number of carbonyl (C=O) groups is 1. The van der Waals surface area contributed by atoms with Gasteiger partial charge in [0.2, 0.25) is 5.91 Å². The first-order chi connectivity index (χ1) is 6.66.